The van der Waals surface area contributed by atoms with Gasteiger partial charge in [-0.15, -0.1) is 0 Å². The van der Waals surface area contributed by atoms with Crippen molar-refractivity contribution >= 4 is 35.3 Å². The smallest absolute Gasteiger partial charge is 0.224 e. The number of hydrogen-bond acceptors (Lipinski definition) is 1. The highest BCUT2D eigenvalue weighted by Crippen LogP contribution is 2.33. The van der Waals surface area contributed by atoms with Crippen molar-refractivity contribution < 1.29 is 4.79 Å². The van der Waals surface area contributed by atoms with Gasteiger partial charge in [-0.05, 0) is 64.6 Å². The van der Waals surface area contributed by atoms with Gasteiger partial charge >= 0.3 is 0 Å². The summed E-state index contributed by atoms with van der Waals surface area (Å²) in [6.07, 6.45) is 4.13. The Morgan fingerprint density at radius 1 is 0.963 bits per heavy atom. The molecule has 0 unspecified atom stereocenters. The van der Waals surface area contributed by atoms with Gasteiger partial charge in [-0.1, -0.05) is 60.2 Å². The zero-order chi connectivity index (χ0) is 19.0. The third-order valence-corrected chi connectivity index (χ3v) is 5.27. The quantitative estimate of drug-likeness (QED) is 0.486. The van der Waals surface area contributed by atoms with Crippen molar-refractivity contribution in [1.29, 1.82) is 0 Å². The third kappa shape index (κ3) is 3.41. The number of hydrogen-bond donors (Lipinski definition) is 0. The molecule has 0 saturated carbocycles. The van der Waals surface area contributed by atoms with Crippen LogP contribution >= 0.6 is 11.6 Å². The predicted molar refractivity (Wildman–Crippen MR) is 114 cm³/mol. The lowest BCUT2D eigenvalue weighted by atomic mass is 9.94. The van der Waals surface area contributed by atoms with E-state index in [4.69, 9.17) is 11.6 Å². The molecule has 3 aromatic rings. The fourth-order valence-electron chi connectivity index (χ4n) is 3.59. The summed E-state index contributed by atoms with van der Waals surface area (Å²) >= 11 is 6.16. The summed E-state index contributed by atoms with van der Waals surface area (Å²) in [5.74, 6) is 0.0149. The molecule has 0 aliphatic carbocycles. The Bertz CT molecular complexity index is 1070. The summed E-state index contributed by atoms with van der Waals surface area (Å²) in [6, 6.07) is 20.5. The molecule has 0 saturated heterocycles. The van der Waals surface area contributed by atoms with E-state index in [2.05, 4.69) is 55.5 Å². The van der Waals surface area contributed by atoms with E-state index in [-0.39, 0.29) is 5.91 Å². The summed E-state index contributed by atoms with van der Waals surface area (Å²) < 4.78 is 0. The second kappa shape index (κ2) is 7.05. The van der Waals surface area contributed by atoms with Gasteiger partial charge in [0.25, 0.3) is 0 Å². The van der Waals surface area contributed by atoms with E-state index in [1.807, 2.05) is 29.2 Å². The van der Waals surface area contributed by atoms with Crippen LogP contribution in [0.2, 0.25) is 5.02 Å². The van der Waals surface area contributed by atoms with Crippen LogP contribution in [-0.2, 0) is 11.3 Å². The van der Waals surface area contributed by atoms with E-state index < -0.39 is 0 Å². The van der Waals surface area contributed by atoms with Gasteiger partial charge in [0, 0.05) is 11.9 Å². The van der Waals surface area contributed by atoms with Crippen molar-refractivity contribution in [3.8, 4) is 11.1 Å². The molecule has 2 nitrogen and oxygen atoms in total. The fourth-order valence-corrected chi connectivity index (χ4v) is 3.77. The van der Waals surface area contributed by atoms with Gasteiger partial charge in [0.05, 0.1) is 12.2 Å². The zero-order valence-electron chi connectivity index (χ0n) is 15.4. The molecule has 1 amide bonds. The van der Waals surface area contributed by atoms with Crippen LogP contribution in [0.25, 0.3) is 23.3 Å². The van der Waals surface area contributed by atoms with Gasteiger partial charge in [0.2, 0.25) is 5.91 Å². The molecule has 4 rings (SSSR count). The molecule has 27 heavy (non-hydrogen) atoms. The Morgan fingerprint density at radius 3 is 2.52 bits per heavy atom. The van der Waals surface area contributed by atoms with E-state index in [0.717, 1.165) is 22.4 Å². The molecule has 0 aromatic heterocycles. The number of anilines is 1. The number of carbonyl (C=O) groups excluding carboxylic acids is 1. The molecule has 0 radical (unpaired) electrons. The zero-order valence-corrected chi connectivity index (χ0v) is 16.1. The summed E-state index contributed by atoms with van der Waals surface area (Å²) in [6.45, 7) is 4.26. The topological polar surface area (TPSA) is 20.3 Å². The maximum absolute atomic E-state index is 12.4. The molecule has 3 aromatic carbocycles. The molecule has 0 atom stereocenters. The minimum absolute atomic E-state index is 0.0149. The monoisotopic (exact) mass is 373 g/mol. The number of aryl methyl sites for hydroxylation is 1. The number of rotatable bonds is 1. The van der Waals surface area contributed by atoms with Gasteiger partial charge in [0.15, 0.2) is 0 Å². The van der Waals surface area contributed by atoms with Gasteiger partial charge in [0.1, 0.15) is 0 Å². The van der Waals surface area contributed by atoms with Gasteiger partial charge in [-0.2, -0.15) is 0 Å². The summed E-state index contributed by atoms with van der Waals surface area (Å²) in [4.78, 5) is 14.2. The highest BCUT2D eigenvalue weighted by Gasteiger charge is 2.19. The number of carbonyl (C=O) groups is 1. The minimum Gasteiger partial charge on any atom is -0.308 e. The molecule has 1 aliphatic heterocycles. The Kier molecular flexibility index (Phi) is 4.59. The predicted octanol–water partition coefficient (Wildman–Crippen LogP) is 6.35. The van der Waals surface area contributed by atoms with Crippen LogP contribution in [0.4, 0.5) is 5.69 Å². The minimum atomic E-state index is 0.0149. The first-order valence-electron chi connectivity index (χ1n) is 8.97. The molecule has 134 valence electrons. The van der Waals surface area contributed by atoms with Gasteiger partial charge < -0.3 is 4.90 Å². The summed E-state index contributed by atoms with van der Waals surface area (Å²) in [5.41, 5.74) is 7.70. The van der Waals surface area contributed by atoms with Crippen molar-refractivity contribution in [3.05, 3.63) is 87.9 Å². The van der Waals surface area contributed by atoms with Crippen molar-refractivity contribution in [2.45, 2.75) is 20.4 Å². The number of fused-ring (bicyclic) bond motifs is 2. The highest BCUT2D eigenvalue weighted by atomic mass is 35.5. The van der Waals surface area contributed by atoms with Crippen LogP contribution in [-0.4, -0.2) is 5.91 Å². The van der Waals surface area contributed by atoms with Crippen LogP contribution in [0.1, 0.15) is 29.2 Å². The van der Waals surface area contributed by atoms with Gasteiger partial charge in [-0.25, -0.2) is 0 Å². The van der Waals surface area contributed by atoms with Crippen LogP contribution in [0.15, 0.2) is 60.7 Å². The molecule has 0 fully saturated rings. The van der Waals surface area contributed by atoms with E-state index in [9.17, 15) is 4.79 Å². The lowest BCUT2D eigenvalue weighted by Gasteiger charge is -2.26. The maximum Gasteiger partial charge on any atom is 0.224 e. The van der Waals surface area contributed by atoms with Crippen molar-refractivity contribution in [1.82, 2.24) is 0 Å². The first-order chi connectivity index (χ1) is 13.0. The van der Waals surface area contributed by atoms with Crippen LogP contribution < -0.4 is 4.90 Å². The normalized spacial score (nSPS) is 12.8. The van der Waals surface area contributed by atoms with Crippen LogP contribution in [0, 0.1) is 6.92 Å². The molecule has 3 heteroatoms. The average molecular weight is 374 g/mol. The lowest BCUT2D eigenvalue weighted by Crippen LogP contribution is -2.29. The van der Waals surface area contributed by atoms with E-state index >= 15 is 0 Å². The molecule has 0 N–H and O–H groups in total. The molecule has 1 heterocycles. The molecule has 0 bridgehead atoms. The Labute approximate surface area is 164 Å². The molecule has 1 aliphatic rings. The third-order valence-electron chi connectivity index (χ3n) is 5.03. The van der Waals surface area contributed by atoms with E-state index in [1.54, 1.807) is 6.92 Å². The van der Waals surface area contributed by atoms with E-state index in [0.29, 0.717) is 11.6 Å². The molecular formula is C24H20ClNO. The van der Waals surface area contributed by atoms with Gasteiger partial charge in [-0.3, -0.25) is 4.79 Å². The fraction of sp³-hybridized carbons (Fsp3) is 0.125. The second-order valence-electron chi connectivity index (χ2n) is 6.87. The molecular weight excluding hydrogens is 354 g/mol. The largest absolute Gasteiger partial charge is 0.308 e. The number of nitrogens with zero attached hydrogens (tertiary/aromatic N) is 1. The number of amides is 1. The van der Waals surface area contributed by atoms with Crippen LogP contribution in [0.3, 0.4) is 0 Å². The lowest BCUT2D eigenvalue weighted by molar-refractivity contribution is -0.116. The number of halogens is 1. The SMILES string of the molecule is CC(=O)N1Cc2cc(-c3ccccc3C)ccc2C=Cc2cc(Cl)ccc21. The second-order valence-corrected chi connectivity index (χ2v) is 7.31. The maximum atomic E-state index is 12.4. The number of benzene rings is 3. The standard InChI is InChI=1S/C24H20ClNO/c1-16-5-3-4-6-23(16)19-9-7-18-8-10-20-14-22(25)11-12-24(20)26(17(2)27)15-21(18)13-19/h3-14H,15H2,1-2H3. The Hall–Kier alpha value is -2.84. The van der Waals surface area contributed by atoms with Crippen molar-refractivity contribution in [2.75, 3.05) is 4.90 Å². The van der Waals surface area contributed by atoms with Crippen molar-refractivity contribution in [2.24, 2.45) is 0 Å². The summed E-state index contributed by atoms with van der Waals surface area (Å²) in [7, 11) is 0. The first-order valence-corrected chi connectivity index (χ1v) is 9.35. The Morgan fingerprint density at radius 2 is 1.74 bits per heavy atom. The first kappa shape index (κ1) is 17.6. The van der Waals surface area contributed by atoms with Crippen molar-refractivity contribution in [3.63, 3.8) is 0 Å². The Balaban J connectivity index is 1.85. The average Bonchev–Trinajstić information content (AvgIpc) is 2.64. The van der Waals surface area contributed by atoms with E-state index in [1.165, 1.54) is 16.7 Å². The summed E-state index contributed by atoms with van der Waals surface area (Å²) in [5, 5.41) is 0.664. The molecule has 0 spiro atoms. The highest BCUT2D eigenvalue weighted by molar-refractivity contribution is 6.30. The van der Waals surface area contributed by atoms with Crippen LogP contribution in [0.5, 0.6) is 0 Å².